The average molecular weight is 452 g/mol. The Bertz CT molecular complexity index is 744. The summed E-state index contributed by atoms with van der Waals surface area (Å²) in [4.78, 5) is 17.9. The van der Waals surface area contributed by atoms with Gasteiger partial charge in [0.25, 0.3) is 5.91 Å². The Kier molecular flexibility index (Phi) is 8.40. The molecule has 0 aliphatic rings. The summed E-state index contributed by atoms with van der Waals surface area (Å²) in [5.74, 6) is 0.391. The molecule has 0 spiro atoms. The predicted molar refractivity (Wildman–Crippen MR) is 115 cm³/mol. The van der Waals surface area contributed by atoms with Crippen LogP contribution in [0.3, 0.4) is 0 Å². The summed E-state index contributed by atoms with van der Waals surface area (Å²) >= 11 is 0. The highest BCUT2D eigenvalue weighted by molar-refractivity contribution is 14.0. The Hall–Kier alpha value is -2.09. The number of nitrogens with zero attached hydrogens (tertiary/aromatic N) is 2. The lowest BCUT2D eigenvalue weighted by Gasteiger charge is -2.11. The van der Waals surface area contributed by atoms with Crippen molar-refractivity contribution in [3.8, 4) is 0 Å². The summed E-state index contributed by atoms with van der Waals surface area (Å²) < 4.78 is 0. The first-order valence-electron chi connectivity index (χ1n) is 7.90. The largest absolute Gasteiger partial charge is 0.370 e. The van der Waals surface area contributed by atoms with E-state index in [-0.39, 0.29) is 29.9 Å². The fraction of sp³-hybridized carbons (Fsp3) is 0.263. The molecule has 0 saturated carbocycles. The number of nitrogens with two attached hydrogens (primary N) is 1. The molecule has 0 aliphatic heterocycles. The van der Waals surface area contributed by atoms with E-state index >= 15 is 0 Å². The van der Waals surface area contributed by atoms with Gasteiger partial charge in [-0.3, -0.25) is 9.79 Å². The number of nitrogens with one attached hydrogen (secondary N) is 1. The molecule has 2 aromatic carbocycles. The number of halogens is 1. The number of aryl methyl sites for hydroxylation is 1. The highest BCUT2D eigenvalue weighted by Gasteiger charge is 2.07. The Morgan fingerprint density at radius 1 is 1.16 bits per heavy atom. The average Bonchev–Trinajstić information content (AvgIpc) is 2.54. The van der Waals surface area contributed by atoms with E-state index in [0.717, 1.165) is 23.2 Å². The molecule has 0 bridgehead atoms. The molecule has 0 saturated heterocycles. The minimum absolute atomic E-state index is 0. The third-order valence-corrected chi connectivity index (χ3v) is 3.55. The van der Waals surface area contributed by atoms with Crippen molar-refractivity contribution in [3.63, 3.8) is 0 Å². The van der Waals surface area contributed by atoms with E-state index in [9.17, 15) is 4.79 Å². The lowest BCUT2D eigenvalue weighted by molar-refractivity contribution is 0.0827. The van der Waals surface area contributed by atoms with Crippen LogP contribution in [0.2, 0.25) is 0 Å². The predicted octanol–water partition coefficient (Wildman–Crippen LogP) is 3.28. The molecule has 0 fully saturated rings. The Balaban J connectivity index is 0.00000312. The number of benzene rings is 2. The van der Waals surface area contributed by atoms with Crippen molar-refractivity contribution in [3.05, 3.63) is 65.2 Å². The van der Waals surface area contributed by atoms with Crippen molar-refractivity contribution in [2.24, 2.45) is 10.7 Å². The van der Waals surface area contributed by atoms with E-state index in [0.29, 0.717) is 18.1 Å². The topological polar surface area (TPSA) is 70.7 Å². The van der Waals surface area contributed by atoms with Gasteiger partial charge in [0.15, 0.2) is 5.96 Å². The van der Waals surface area contributed by atoms with Crippen molar-refractivity contribution < 1.29 is 4.79 Å². The van der Waals surface area contributed by atoms with Crippen molar-refractivity contribution in [2.45, 2.75) is 13.3 Å². The van der Waals surface area contributed by atoms with E-state index in [1.54, 1.807) is 19.0 Å². The zero-order chi connectivity index (χ0) is 17.5. The summed E-state index contributed by atoms with van der Waals surface area (Å²) in [7, 11) is 3.49. The summed E-state index contributed by atoms with van der Waals surface area (Å²) in [5, 5.41) is 3.08. The van der Waals surface area contributed by atoms with Gasteiger partial charge >= 0.3 is 0 Å². The summed E-state index contributed by atoms with van der Waals surface area (Å²) in [5.41, 5.74) is 9.76. The zero-order valence-electron chi connectivity index (χ0n) is 14.8. The fourth-order valence-corrected chi connectivity index (χ4v) is 2.33. The molecule has 2 rings (SSSR count). The molecule has 2 aromatic rings. The number of anilines is 1. The normalized spacial score (nSPS) is 10.8. The molecule has 1 amide bonds. The number of amides is 1. The molecule has 0 aliphatic carbocycles. The first kappa shape index (κ1) is 21.0. The zero-order valence-corrected chi connectivity index (χ0v) is 17.2. The molecular formula is C19H25IN4O. The van der Waals surface area contributed by atoms with Crippen molar-refractivity contribution in [1.29, 1.82) is 0 Å². The maximum absolute atomic E-state index is 12.0. The first-order chi connectivity index (χ1) is 11.5. The van der Waals surface area contributed by atoms with Crippen LogP contribution in [0, 0.1) is 6.92 Å². The van der Waals surface area contributed by atoms with E-state index in [4.69, 9.17) is 5.73 Å². The Morgan fingerprint density at radius 3 is 2.56 bits per heavy atom. The molecule has 0 radical (unpaired) electrons. The van der Waals surface area contributed by atoms with Crippen LogP contribution in [0.1, 0.15) is 21.5 Å². The third-order valence-electron chi connectivity index (χ3n) is 3.55. The van der Waals surface area contributed by atoms with Crippen LogP contribution < -0.4 is 11.1 Å². The van der Waals surface area contributed by atoms with Gasteiger partial charge in [-0.15, -0.1) is 24.0 Å². The Morgan fingerprint density at radius 2 is 1.88 bits per heavy atom. The summed E-state index contributed by atoms with van der Waals surface area (Å²) in [6, 6.07) is 15.6. The second-order valence-corrected chi connectivity index (χ2v) is 5.91. The highest BCUT2D eigenvalue weighted by Crippen LogP contribution is 2.10. The smallest absolute Gasteiger partial charge is 0.253 e. The molecule has 6 heteroatoms. The maximum Gasteiger partial charge on any atom is 0.253 e. The van der Waals surface area contributed by atoms with Gasteiger partial charge in [0.2, 0.25) is 0 Å². The molecule has 0 atom stereocenters. The van der Waals surface area contributed by atoms with Gasteiger partial charge in [-0.05, 0) is 48.7 Å². The van der Waals surface area contributed by atoms with Gasteiger partial charge in [0.1, 0.15) is 0 Å². The van der Waals surface area contributed by atoms with Gasteiger partial charge in [0.05, 0.1) is 0 Å². The number of carbonyl (C=O) groups excluding carboxylic acids is 1. The Labute approximate surface area is 166 Å². The molecule has 25 heavy (non-hydrogen) atoms. The van der Waals surface area contributed by atoms with E-state index in [1.165, 1.54) is 0 Å². The van der Waals surface area contributed by atoms with E-state index < -0.39 is 0 Å². The van der Waals surface area contributed by atoms with E-state index in [1.807, 2.05) is 55.5 Å². The minimum atomic E-state index is 0. The molecule has 5 nitrogen and oxygen atoms in total. The minimum Gasteiger partial charge on any atom is -0.370 e. The lowest BCUT2D eigenvalue weighted by atomic mass is 10.1. The number of aliphatic imine (C=N–C) groups is 1. The second-order valence-electron chi connectivity index (χ2n) is 5.91. The van der Waals surface area contributed by atoms with Crippen LogP contribution in [0.15, 0.2) is 53.5 Å². The van der Waals surface area contributed by atoms with Gasteiger partial charge < -0.3 is 16.0 Å². The van der Waals surface area contributed by atoms with Gasteiger partial charge in [-0.2, -0.15) is 0 Å². The van der Waals surface area contributed by atoms with Gasteiger partial charge in [-0.25, -0.2) is 0 Å². The standard InChI is InChI=1S/C19H24N4O.HI/c1-14-6-4-9-17(12-14)22-19(20)21-11-10-15-7-5-8-16(13-15)18(24)23(2)3;/h4-9,12-13H,10-11H2,1-3H3,(H3,20,21,22);1H. The van der Waals surface area contributed by atoms with Crippen molar-refractivity contribution >= 4 is 41.5 Å². The van der Waals surface area contributed by atoms with Crippen molar-refractivity contribution in [2.75, 3.05) is 26.0 Å². The maximum atomic E-state index is 12.0. The quantitative estimate of drug-likeness (QED) is 0.416. The number of hydrogen-bond acceptors (Lipinski definition) is 2. The van der Waals surface area contributed by atoms with Crippen LogP contribution in [-0.2, 0) is 6.42 Å². The number of rotatable bonds is 5. The first-order valence-corrected chi connectivity index (χ1v) is 7.90. The lowest BCUT2D eigenvalue weighted by Crippen LogP contribution is -2.23. The van der Waals surface area contributed by atoms with Crippen LogP contribution >= 0.6 is 24.0 Å². The number of hydrogen-bond donors (Lipinski definition) is 2. The van der Waals surface area contributed by atoms with Crippen LogP contribution in [0.4, 0.5) is 5.69 Å². The van der Waals surface area contributed by atoms with Crippen molar-refractivity contribution in [1.82, 2.24) is 4.90 Å². The summed E-state index contributed by atoms with van der Waals surface area (Å²) in [6.45, 7) is 2.59. The molecule has 0 unspecified atom stereocenters. The second kappa shape index (κ2) is 10.0. The number of guanidine groups is 1. The van der Waals surface area contributed by atoms with E-state index in [2.05, 4.69) is 10.3 Å². The molecule has 134 valence electrons. The van der Waals surface area contributed by atoms with Crippen LogP contribution in [-0.4, -0.2) is 37.4 Å². The van der Waals surface area contributed by atoms with Gasteiger partial charge in [-0.1, -0.05) is 24.3 Å². The molecule has 0 aromatic heterocycles. The molecule has 3 N–H and O–H groups in total. The van der Waals surface area contributed by atoms with Crippen LogP contribution in [0.5, 0.6) is 0 Å². The molecular weight excluding hydrogens is 427 g/mol. The fourth-order valence-electron chi connectivity index (χ4n) is 2.33. The third kappa shape index (κ3) is 6.74. The van der Waals surface area contributed by atoms with Crippen LogP contribution in [0.25, 0.3) is 0 Å². The highest BCUT2D eigenvalue weighted by atomic mass is 127. The monoisotopic (exact) mass is 452 g/mol. The SMILES string of the molecule is Cc1cccc(NC(N)=NCCc2cccc(C(=O)N(C)C)c2)c1.I. The number of carbonyl (C=O) groups is 1. The summed E-state index contributed by atoms with van der Waals surface area (Å²) in [6.07, 6.45) is 0.727. The van der Waals surface area contributed by atoms with Gasteiger partial charge in [0, 0.05) is 31.9 Å². The molecule has 0 heterocycles.